The SMILES string of the molecule is OCC(F)(F)C(F)C(F)F. The summed E-state index contributed by atoms with van der Waals surface area (Å²) >= 11 is 0. The molecule has 0 aliphatic carbocycles. The van der Waals surface area contributed by atoms with Crippen molar-refractivity contribution in [2.75, 3.05) is 6.61 Å². The van der Waals surface area contributed by atoms with Gasteiger partial charge in [-0.05, 0) is 0 Å². The maximum atomic E-state index is 11.7. The number of aliphatic hydroxyl groups excluding tert-OH is 1. The summed E-state index contributed by atoms with van der Waals surface area (Å²) < 4.78 is 57.3. The van der Waals surface area contributed by atoms with E-state index in [4.69, 9.17) is 5.11 Å². The summed E-state index contributed by atoms with van der Waals surface area (Å²) in [7, 11) is 0. The first kappa shape index (κ1) is 9.61. The van der Waals surface area contributed by atoms with Crippen molar-refractivity contribution in [1.82, 2.24) is 0 Å². The number of alkyl halides is 5. The van der Waals surface area contributed by atoms with Gasteiger partial charge in [-0.1, -0.05) is 0 Å². The fourth-order valence-corrected chi connectivity index (χ4v) is 0.272. The van der Waals surface area contributed by atoms with Crippen LogP contribution in [0.3, 0.4) is 0 Å². The van der Waals surface area contributed by atoms with E-state index in [1.807, 2.05) is 0 Å². The minimum Gasteiger partial charge on any atom is -0.390 e. The highest BCUT2D eigenvalue weighted by molar-refractivity contribution is 4.77. The molecule has 0 aliphatic rings. The van der Waals surface area contributed by atoms with Gasteiger partial charge < -0.3 is 5.11 Å². The number of rotatable bonds is 3. The van der Waals surface area contributed by atoms with Gasteiger partial charge in [0.05, 0.1) is 0 Å². The first-order valence-electron chi connectivity index (χ1n) is 2.32. The normalized spacial score (nSPS) is 15.9. The highest BCUT2D eigenvalue weighted by Crippen LogP contribution is 2.25. The zero-order chi connectivity index (χ0) is 8.36. The van der Waals surface area contributed by atoms with Gasteiger partial charge in [-0.25, -0.2) is 22.0 Å². The molecule has 0 spiro atoms. The smallest absolute Gasteiger partial charge is 0.306 e. The fraction of sp³-hybridized carbons (Fsp3) is 1.00. The predicted octanol–water partition coefficient (Wildman–Crippen LogP) is 1.22. The second kappa shape index (κ2) is 3.14. The van der Waals surface area contributed by atoms with Crippen LogP contribution in [-0.2, 0) is 0 Å². The summed E-state index contributed by atoms with van der Waals surface area (Å²) in [6.07, 6.45) is -7.35. The zero-order valence-corrected chi connectivity index (χ0v) is 4.70. The summed E-state index contributed by atoms with van der Waals surface area (Å²) in [5, 5.41) is 7.69. The second-order valence-electron chi connectivity index (χ2n) is 1.66. The quantitative estimate of drug-likeness (QED) is 0.621. The lowest BCUT2D eigenvalue weighted by molar-refractivity contribution is -0.150. The van der Waals surface area contributed by atoms with Crippen LogP contribution in [0, 0.1) is 0 Å². The minimum absolute atomic E-state index is 1.90. The van der Waals surface area contributed by atoms with Crippen LogP contribution in [0.4, 0.5) is 22.0 Å². The molecule has 0 radical (unpaired) electrons. The Balaban J connectivity index is 4.03. The van der Waals surface area contributed by atoms with Crippen molar-refractivity contribution in [3.63, 3.8) is 0 Å². The van der Waals surface area contributed by atoms with Gasteiger partial charge in [0.15, 0.2) is 0 Å². The van der Waals surface area contributed by atoms with Crippen LogP contribution < -0.4 is 0 Å². The van der Waals surface area contributed by atoms with Gasteiger partial charge >= 0.3 is 5.92 Å². The average molecular weight is 164 g/mol. The molecule has 10 heavy (non-hydrogen) atoms. The van der Waals surface area contributed by atoms with Crippen LogP contribution in [0.1, 0.15) is 0 Å². The Morgan fingerprint density at radius 2 is 1.60 bits per heavy atom. The molecule has 1 unspecified atom stereocenters. The van der Waals surface area contributed by atoms with Crippen LogP contribution in [0.5, 0.6) is 0 Å². The van der Waals surface area contributed by atoms with Crippen LogP contribution in [0.2, 0.25) is 0 Å². The van der Waals surface area contributed by atoms with Crippen LogP contribution in [-0.4, -0.2) is 30.2 Å². The zero-order valence-electron chi connectivity index (χ0n) is 4.70. The first-order chi connectivity index (χ1) is 4.41. The number of hydrogen-bond donors (Lipinski definition) is 1. The molecule has 0 fully saturated rings. The Labute approximate surface area is 53.5 Å². The third kappa shape index (κ3) is 2.09. The van der Waals surface area contributed by atoms with E-state index in [-0.39, 0.29) is 0 Å². The van der Waals surface area contributed by atoms with E-state index in [1.54, 1.807) is 0 Å². The average Bonchev–Trinajstić information content (AvgIpc) is 1.86. The molecular formula is C4H5F5O. The van der Waals surface area contributed by atoms with Gasteiger partial charge in [0.1, 0.15) is 6.61 Å². The summed E-state index contributed by atoms with van der Waals surface area (Å²) in [6.45, 7) is -1.90. The van der Waals surface area contributed by atoms with Crippen molar-refractivity contribution < 1.29 is 27.1 Å². The maximum Gasteiger partial charge on any atom is 0.306 e. The van der Waals surface area contributed by atoms with Crippen molar-refractivity contribution >= 4 is 0 Å². The summed E-state index contributed by atoms with van der Waals surface area (Å²) in [5.41, 5.74) is 0. The monoisotopic (exact) mass is 164 g/mol. The molecule has 0 aromatic carbocycles. The standard InChI is InChI=1S/C4H5F5O/c5-2(3(6)7)4(8,9)1-10/h2-3,10H,1H2. The topological polar surface area (TPSA) is 20.2 Å². The molecule has 0 heterocycles. The predicted molar refractivity (Wildman–Crippen MR) is 22.9 cm³/mol. The van der Waals surface area contributed by atoms with Crippen molar-refractivity contribution in [1.29, 1.82) is 0 Å². The molecule has 0 aromatic rings. The van der Waals surface area contributed by atoms with Gasteiger partial charge in [0, 0.05) is 0 Å². The van der Waals surface area contributed by atoms with Gasteiger partial charge in [0.25, 0.3) is 6.43 Å². The summed E-state index contributed by atoms with van der Waals surface area (Å²) in [5.74, 6) is -4.34. The van der Waals surface area contributed by atoms with E-state index < -0.39 is 25.1 Å². The highest BCUT2D eigenvalue weighted by Gasteiger charge is 2.45. The number of halogens is 5. The molecule has 0 amide bonds. The van der Waals surface area contributed by atoms with E-state index >= 15 is 0 Å². The van der Waals surface area contributed by atoms with Crippen molar-refractivity contribution in [3.05, 3.63) is 0 Å². The second-order valence-corrected chi connectivity index (χ2v) is 1.66. The molecule has 0 aromatic heterocycles. The molecule has 0 aliphatic heterocycles. The Bertz CT molecular complexity index is 104. The summed E-state index contributed by atoms with van der Waals surface area (Å²) in [6, 6.07) is 0. The maximum absolute atomic E-state index is 11.7. The van der Waals surface area contributed by atoms with E-state index in [1.165, 1.54) is 0 Å². The Kier molecular flexibility index (Phi) is 3.01. The molecule has 0 bridgehead atoms. The van der Waals surface area contributed by atoms with Crippen LogP contribution in [0.15, 0.2) is 0 Å². The largest absolute Gasteiger partial charge is 0.390 e. The van der Waals surface area contributed by atoms with E-state index in [0.29, 0.717) is 0 Å². The molecule has 0 rings (SSSR count). The number of aliphatic hydroxyl groups is 1. The third-order valence-corrected chi connectivity index (χ3v) is 0.836. The molecule has 1 N–H and O–H groups in total. The fourth-order valence-electron chi connectivity index (χ4n) is 0.272. The van der Waals surface area contributed by atoms with Crippen LogP contribution >= 0.6 is 0 Å². The molecule has 6 heteroatoms. The van der Waals surface area contributed by atoms with Crippen molar-refractivity contribution in [2.45, 2.75) is 18.5 Å². The van der Waals surface area contributed by atoms with Gasteiger partial charge in [-0.3, -0.25) is 0 Å². The highest BCUT2D eigenvalue weighted by atomic mass is 19.3. The van der Waals surface area contributed by atoms with Crippen molar-refractivity contribution in [3.8, 4) is 0 Å². The molecule has 0 saturated carbocycles. The Hall–Kier alpha value is -0.390. The van der Waals surface area contributed by atoms with Gasteiger partial charge in [-0.15, -0.1) is 0 Å². The van der Waals surface area contributed by atoms with E-state index in [2.05, 4.69) is 0 Å². The van der Waals surface area contributed by atoms with E-state index in [0.717, 1.165) is 0 Å². The first-order valence-corrected chi connectivity index (χ1v) is 2.32. The lowest BCUT2D eigenvalue weighted by Crippen LogP contribution is -2.38. The van der Waals surface area contributed by atoms with Crippen molar-refractivity contribution in [2.24, 2.45) is 0 Å². The third-order valence-electron chi connectivity index (χ3n) is 0.836. The Morgan fingerprint density at radius 1 is 1.20 bits per heavy atom. The lowest BCUT2D eigenvalue weighted by Gasteiger charge is -2.16. The van der Waals surface area contributed by atoms with E-state index in [9.17, 15) is 22.0 Å². The molecule has 1 nitrogen and oxygen atoms in total. The Morgan fingerprint density at radius 3 is 1.70 bits per heavy atom. The molecule has 0 saturated heterocycles. The lowest BCUT2D eigenvalue weighted by atomic mass is 10.2. The number of hydrogen-bond acceptors (Lipinski definition) is 1. The van der Waals surface area contributed by atoms with Gasteiger partial charge in [-0.2, -0.15) is 0 Å². The van der Waals surface area contributed by atoms with Gasteiger partial charge in [0.2, 0.25) is 6.17 Å². The molecule has 1 atom stereocenters. The van der Waals surface area contributed by atoms with Crippen LogP contribution in [0.25, 0.3) is 0 Å². The summed E-state index contributed by atoms with van der Waals surface area (Å²) in [4.78, 5) is 0. The minimum atomic E-state index is -4.34. The molecular weight excluding hydrogens is 159 g/mol. The molecule has 62 valence electrons.